The van der Waals surface area contributed by atoms with Crippen LogP contribution in [0, 0.1) is 10.8 Å². The maximum Gasteiger partial charge on any atom is 0.309 e. The standard InChI is InChI=1S/C13H16N2O4/c1-19-8-9-2-4-10(5-3-9)11-6-15(14-18)7-12(11)13(16)17/h2-5,11-12H,6-8H2,1H3,(H,16,17). The van der Waals surface area contributed by atoms with Crippen LogP contribution < -0.4 is 0 Å². The van der Waals surface area contributed by atoms with E-state index < -0.39 is 11.9 Å². The Morgan fingerprint density at radius 2 is 2.11 bits per heavy atom. The predicted molar refractivity (Wildman–Crippen MR) is 68.4 cm³/mol. The molecule has 0 amide bonds. The van der Waals surface area contributed by atoms with Crippen LogP contribution in [0.25, 0.3) is 0 Å². The Balaban J connectivity index is 2.18. The predicted octanol–water partition coefficient (Wildman–Crippen LogP) is 1.61. The van der Waals surface area contributed by atoms with Gasteiger partial charge in [0.25, 0.3) is 0 Å². The third-order valence-corrected chi connectivity index (χ3v) is 3.45. The smallest absolute Gasteiger partial charge is 0.309 e. The first kappa shape index (κ1) is 13.5. The fourth-order valence-corrected chi connectivity index (χ4v) is 2.47. The molecule has 19 heavy (non-hydrogen) atoms. The van der Waals surface area contributed by atoms with Gasteiger partial charge in [-0.2, -0.15) is 0 Å². The second-order valence-corrected chi connectivity index (χ2v) is 4.68. The van der Waals surface area contributed by atoms with Crippen molar-refractivity contribution in [2.75, 3.05) is 20.2 Å². The summed E-state index contributed by atoms with van der Waals surface area (Å²) in [7, 11) is 1.62. The SMILES string of the molecule is COCc1ccc(C2CN(N=O)CC2C(=O)O)cc1. The first-order chi connectivity index (χ1) is 9.15. The van der Waals surface area contributed by atoms with E-state index in [-0.39, 0.29) is 12.5 Å². The number of carbonyl (C=O) groups is 1. The summed E-state index contributed by atoms with van der Waals surface area (Å²) in [5.74, 6) is -1.69. The van der Waals surface area contributed by atoms with Gasteiger partial charge in [-0.05, 0) is 11.1 Å². The molecule has 1 aliphatic rings. The third-order valence-electron chi connectivity index (χ3n) is 3.45. The molecule has 102 valence electrons. The minimum atomic E-state index is -0.892. The average molecular weight is 264 g/mol. The van der Waals surface area contributed by atoms with Crippen LogP contribution in [-0.4, -0.2) is 36.3 Å². The number of rotatable bonds is 5. The molecule has 0 aliphatic carbocycles. The molecule has 1 heterocycles. The quantitative estimate of drug-likeness (QED) is 0.817. The summed E-state index contributed by atoms with van der Waals surface area (Å²) in [6, 6.07) is 7.61. The Morgan fingerprint density at radius 1 is 1.42 bits per heavy atom. The first-order valence-electron chi connectivity index (χ1n) is 6.04. The normalized spacial score (nSPS) is 22.5. The van der Waals surface area contributed by atoms with Gasteiger partial charge < -0.3 is 9.84 Å². The molecule has 1 aliphatic heterocycles. The summed E-state index contributed by atoms with van der Waals surface area (Å²) < 4.78 is 5.03. The van der Waals surface area contributed by atoms with Crippen molar-refractivity contribution in [1.82, 2.24) is 5.01 Å². The second-order valence-electron chi connectivity index (χ2n) is 4.68. The van der Waals surface area contributed by atoms with E-state index in [1.807, 2.05) is 24.3 Å². The summed E-state index contributed by atoms with van der Waals surface area (Å²) >= 11 is 0. The van der Waals surface area contributed by atoms with Gasteiger partial charge in [0.1, 0.15) is 0 Å². The highest BCUT2D eigenvalue weighted by Gasteiger charge is 2.38. The van der Waals surface area contributed by atoms with Gasteiger partial charge in [0.05, 0.1) is 24.4 Å². The van der Waals surface area contributed by atoms with Crippen molar-refractivity contribution >= 4 is 5.97 Å². The third kappa shape index (κ3) is 2.90. The zero-order valence-electron chi connectivity index (χ0n) is 10.7. The number of carboxylic acids is 1. The van der Waals surface area contributed by atoms with E-state index in [1.54, 1.807) is 7.11 Å². The van der Waals surface area contributed by atoms with E-state index in [4.69, 9.17) is 4.74 Å². The van der Waals surface area contributed by atoms with E-state index >= 15 is 0 Å². The molecule has 1 saturated heterocycles. The van der Waals surface area contributed by atoms with Crippen LogP contribution in [0.1, 0.15) is 17.0 Å². The van der Waals surface area contributed by atoms with Crippen LogP contribution in [-0.2, 0) is 16.1 Å². The highest BCUT2D eigenvalue weighted by Crippen LogP contribution is 2.33. The Morgan fingerprint density at radius 3 is 2.63 bits per heavy atom. The van der Waals surface area contributed by atoms with Crippen LogP contribution in [0.4, 0.5) is 0 Å². The number of carboxylic acid groups (broad SMARTS) is 1. The van der Waals surface area contributed by atoms with Crippen molar-refractivity contribution < 1.29 is 14.6 Å². The van der Waals surface area contributed by atoms with Gasteiger partial charge in [-0.15, -0.1) is 4.91 Å². The summed E-state index contributed by atoms with van der Waals surface area (Å²) in [6.45, 7) is 1.04. The van der Waals surface area contributed by atoms with Crippen LogP contribution in [0.15, 0.2) is 29.6 Å². The number of nitrogens with zero attached hydrogens (tertiary/aromatic N) is 2. The largest absolute Gasteiger partial charge is 0.481 e. The zero-order valence-corrected chi connectivity index (χ0v) is 10.7. The Bertz CT molecular complexity index is 460. The molecule has 2 atom stereocenters. The van der Waals surface area contributed by atoms with Crippen LogP contribution in [0.3, 0.4) is 0 Å². The van der Waals surface area contributed by atoms with Crippen LogP contribution in [0.5, 0.6) is 0 Å². The van der Waals surface area contributed by atoms with Gasteiger partial charge >= 0.3 is 5.97 Å². The van der Waals surface area contributed by atoms with E-state index in [9.17, 15) is 14.8 Å². The van der Waals surface area contributed by atoms with E-state index in [1.165, 1.54) is 5.01 Å². The average Bonchev–Trinajstić information content (AvgIpc) is 2.84. The zero-order chi connectivity index (χ0) is 13.8. The number of aliphatic carboxylic acids is 1. The van der Waals surface area contributed by atoms with E-state index in [0.29, 0.717) is 13.2 Å². The van der Waals surface area contributed by atoms with Gasteiger partial charge in [0.2, 0.25) is 0 Å². The molecule has 6 heteroatoms. The number of benzene rings is 1. The molecular weight excluding hydrogens is 248 g/mol. The highest BCUT2D eigenvalue weighted by atomic mass is 16.5. The first-order valence-corrected chi connectivity index (χ1v) is 6.04. The lowest BCUT2D eigenvalue weighted by Crippen LogP contribution is -2.21. The summed E-state index contributed by atoms with van der Waals surface area (Å²) in [4.78, 5) is 21.8. The summed E-state index contributed by atoms with van der Waals surface area (Å²) in [5, 5.41) is 13.3. The monoisotopic (exact) mass is 264 g/mol. The molecule has 1 aromatic rings. The fraction of sp³-hybridized carbons (Fsp3) is 0.462. The van der Waals surface area contributed by atoms with Crippen molar-refractivity contribution in [3.63, 3.8) is 0 Å². The number of hydrogen-bond donors (Lipinski definition) is 1. The Kier molecular flexibility index (Phi) is 4.11. The Labute approximate surface area is 110 Å². The molecule has 6 nitrogen and oxygen atoms in total. The van der Waals surface area contributed by atoms with Crippen molar-refractivity contribution in [3.8, 4) is 0 Å². The number of nitroso groups, excluding NO2 is 1. The van der Waals surface area contributed by atoms with Crippen molar-refractivity contribution in [2.45, 2.75) is 12.5 Å². The molecule has 0 saturated carbocycles. The molecule has 1 fully saturated rings. The van der Waals surface area contributed by atoms with Gasteiger partial charge in [-0.1, -0.05) is 24.3 Å². The number of ether oxygens (including phenoxy) is 1. The molecule has 1 aromatic carbocycles. The molecular formula is C13H16N2O4. The van der Waals surface area contributed by atoms with Crippen molar-refractivity contribution in [3.05, 3.63) is 40.3 Å². The lowest BCUT2D eigenvalue weighted by atomic mass is 9.88. The topological polar surface area (TPSA) is 79.2 Å². The molecule has 0 radical (unpaired) electrons. The van der Waals surface area contributed by atoms with E-state index in [2.05, 4.69) is 5.29 Å². The maximum atomic E-state index is 11.2. The van der Waals surface area contributed by atoms with Gasteiger partial charge in [-0.25, -0.2) is 0 Å². The van der Waals surface area contributed by atoms with Crippen LogP contribution >= 0.6 is 0 Å². The summed E-state index contributed by atoms with van der Waals surface area (Å²) in [5.41, 5.74) is 1.94. The van der Waals surface area contributed by atoms with Gasteiger partial charge in [-0.3, -0.25) is 9.80 Å². The highest BCUT2D eigenvalue weighted by molar-refractivity contribution is 5.72. The van der Waals surface area contributed by atoms with Crippen molar-refractivity contribution in [2.24, 2.45) is 11.2 Å². The fourth-order valence-electron chi connectivity index (χ4n) is 2.47. The number of hydrogen-bond acceptors (Lipinski definition) is 4. The Hall–Kier alpha value is -1.95. The second kappa shape index (κ2) is 5.79. The minimum Gasteiger partial charge on any atom is -0.481 e. The van der Waals surface area contributed by atoms with Crippen molar-refractivity contribution in [1.29, 1.82) is 0 Å². The van der Waals surface area contributed by atoms with Gasteiger partial charge in [0, 0.05) is 19.6 Å². The number of methoxy groups -OCH3 is 1. The molecule has 0 bridgehead atoms. The summed E-state index contributed by atoms with van der Waals surface area (Å²) in [6.07, 6.45) is 0. The van der Waals surface area contributed by atoms with Gasteiger partial charge in [0.15, 0.2) is 0 Å². The maximum absolute atomic E-state index is 11.2. The minimum absolute atomic E-state index is 0.170. The van der Waals surface area contributed by atoms with E-state index in [0.717, 1.165) is 11.1 Å². The van der Waals surface area contributed by atoms with Crippen LogP contribution in [0.2, 0.25) is 0 Å². The lowest BCUT2D eigenvalue weighted by molar-refractivity contribution is -0.141. The lowest BCUT2D eigenvalue weighted by Gasteiger charge is -2.14. The molecule has 2 unspecified atom stereocenters. The molecule has 2 rings (SSSR count). The molecule has 0 spiro atoms. The molecule has 0 aromatic heterocycles. The molecule has 1 N–H and O–H groups in total.